The molecule has 0 radical (unpaired) electrons. The molecule has 130 valence electrons. The number of aliphatic hydroxyl groups is 1. The molecule has 0 unspecified atom stereocenters. The molecule has 3 aromatic rings. The lowest BCUT2D eigenvalue weighted by Crippen LogP contribution is -2.25. The zero-order valence-electron chi connectivity index (χ0n) is 13.4. The van der Waals surface area contributed by atoms with Gasteiger partial charge in [0.05, 0.1) is 17.8 Å². The molecule has 1 aliphatic heterocycles. The van der Waals surface area contributed by atoms with Gasteiger partial charge in [0.1, 0.15) is 16.6 Å². The summed E-state index contributed by atoms with van der Waals surface area (Å²) >= 11 is 10.8. The normalized spacial score (nSPS) is 14.4. The van der Waals surface area contributed by atoms with Gasteiger partial charge < -0.3 is 10.0 Å². The Hall–Kier alpha value is -2.15. The summed E-state index contributed by atoms with van der Waals surface area (Å²) in [6, 6.07) is 15.1. The number of aromatic nitrogens is 1. The third-order valence-corrected chi connectivity index (χ3v) is 5.74. The third kappa shape index (κ3) is 3.16. The molecule has 0 saturated carbocycles. The number of halogens is 2. The van der Waals surface area contributed by atoms with Gasteiger partial charge in [-0.05, 0) is 36.4 Å². The molecule has 4 nitrogen and oxygen atoms in total. The molecule has 2 aromatic carbocycles. The van der Waals surface area contributed by atoms with Crippen LogP contribution in [0.3, 0.4) is 0 Å². The molecule has 26 heavy (non-hydrogen) atoms. The second kappa shape index (κ2) is 6.87. The molecule has 0 saturated heterocycles. The van der Waals surface area contributed by atoms with E-state index >= 15 is 0 Å². The Labute approximate surface area is 168 Å². The molecular weight excluding hydrogens is 434 g/mol. The van der Waals surface area contributed by atoms with Crippen LogP contribution in [0.15, 0.2) is 64.1 Å². The standard InChI is InChI=1S/C19H13BrClN3OS/c20-12-3-7-14(8-4-12)24-9-16(25)17(18(24)22)19-23-15(10-26-19)11-1-5-13(21)6-2-11/h1-8,10,22,25H,9H2. The van der Waals surface area contributed by atoms with Gasteiger partial charge in [-0.15, -0.1) is 11.3 Å². The second-order valence-corrected chi connectivity index (χ2v) is 7.99. The summed E-state index contributed by atoms with van der Waals surface area (Å²) in [4.78, 5) is 6.38. The van der Waals surface area contributed by atoms with Crippen LogP contribution < -0.4 is 4.90 Å². The zero-order chi connectivity index (χ0) is 18.3. The minimum atomic E-state index is 0.162. The van der Waals surface area contributed by atoms with Crippen molar-refractivity contribution in [3.8, 4) is 11.3 Å². The van der Waals surface area contributed by atoms with Gasteiger partial charge in [-0.3, -0.25) is 5.41 Å². The molecule has 0 aliphatic carbocycles. The number of thiazole rings is 1. The van der Waals surface area contributed by atoms with Crippen LogP contribution in [0.5, 0.6) is 0 Å². The van der Waals surface area contributed by atoms with Gasteiger partial charge >= 0.3 is 0 Å². The molecule has 2 heterocycles. The number of nitrogens with one attached hydrogen (secondary N) is 1. The molecule has 4 rings (SSSR count). The number of rotatable bonds is 3. The molecule has 0 bridgehead atoms. The molecule has 1 aliphatic rings. The highest BCUT2D eigenvalue weighted by atomic mass is 79.9. The van der Waals surface area contributed by atoms with E-state index in [9.17, 15) is 5.11 Å². The minimum Gasteiger partial charge on any atom is -0.510 e. The molecule has 2 N–H and O–H groups in total. The molecule has 7 heteroatoms. The summed E-state index contributed by atoms with van der Waals surface area (Å²) in [5, 5.41) is 22.2. The monoisotopic (exact) mass is 445 g/mol. The van der Waals surface area contributed by atoms with Crippen LogP contribution in [-0.4, -0.2) is 22.5 Å². The first kappa shape index (κ1) is 17.3. The van der Waals surface area contributed by atoms with E-state index in [1.165, 1.54) is 11.3 Å². The van der Waals surface area contributed by atoms with E-state index in [1.54, 1.807) is 4.90 Å². The maximum absolute atomic E-state index is 10.5. The fourth-order valence-electron chi connectivity index (χ4n) is 2.79. The maximum atomic E-state index is 10.5. The van der Waals surface area contributed by atoms with E-state index in [0.717, 1.165) is 21.4 Å². The Kier molecular flexibility index (Phi) is 4.56. The Balaban J connectivity index is 1.63. The van der Waals surface area contributed by atoms with Gasteiger partial charge in [0.15, 0.2) is 0 Å². The predicted octanol–water partition coefficient (Wildman–Crippen LogP) is 5.99. The summed E-state index contributed by atoms with van der Waals surface area (Å²) in [6.45, 7) is 0.270. The van der Waals surface area contributed by atoms with E-state index < -0.39 is 0 Å². The van der Waals surface area contributed by atoms with Crippen LogP contribution in [0, 0.1) is 5.41 Å². The van der Waals surface area contributed by atoms with E-state index in [1.807, 2.05) is 53.9 Å². The highest BCUT2D eigenvalue weighted by Gasteiger charge is 2.31. The number of hydrogen-bond donors (Lipinski definition) is 2. The lowest BCUT2D eigenvalue weighted by molar-refractivity contribution is 0.411. The van der Waals surface area contributed by atoms with Gasteiger partial charge in [0, 0.05) is 26.1 Å². The summed E-state index contributed by atoms with van der Waals surface area (Å²) in [5.41, 5.74) is 3.09. The topological polar surface area (TPSA) is 60.2 Å². The van der Waals surface area contributed by atoms with Gasteiger partial charge in [0.2, 0.25) is 0 Å². The molecular formula is C19H13BrClN3OS. The molecule has 0 atom stereocenters. The first-order valence-corrected chi connectivity index (χ1v) is 9.84. The number of benzene rings is 2. The number of nitrogens with zero attached hydrogens (tertiary/aromatic N) is 2. The van der Waals surface area contributed by atoms with E-state index in [0.29, 0.717) is 15.6 Å². The van der Waals surface area contributed by atoms with Crippen molar-refractivity contribution in [2.45, 2.75) is 0 Å². The number of amidine groups is 1. The summed E-state index contributed by atoms with van der Waals surface area (Å²) in [6.07, 6.45) is 0. The molecule has 1 aromatic heterocycles. The number of aliphatic hydroxyl groups excluding tert-OH is 1. The van der Waals surface area contributed by atoms with Crippen LogP contribution in [0.1, 0.15) is 5.01 Å². The smallest absolute Gasteiger partial charge is 0.139 e. The van der Waals surface area contributed by atoms with Crippen molar-refractivity contribution >= 4 is 56.0 Å². The Morgan fingerprint density at radius 3 is 2.50 bits per heavy atom. The summed E-state index contributed by atoms with van der Waals surface area (Å²) < 4.78 is 0.969. The number of anilines is 1. The first-order valence-electron chi connectivity index (χ1n) is 7.79. The van der Waals surface area contributed by atoms with Crippen molar-refractivity contribution < 1.29 is 5.11 Å². The maximum Gasteiger partial charge on any atom is 0.139 e. The summed E-state index contributed by atoms with van der Waals surface area (Å²) in [5.74, 6) is 0.414. The van der Waals surface area contributed by atoms with E-state index in [4.69, 9.17) is 17.0 Å². The SMILES string of the molecule is N=C1C(c2nc(-c3ccc(Cl)cc3)cs2)=C(O)CN1c1ccc(Br)cc1. The average Bonchev–Trinajstić information content (AvgIpc) is 3.21. The van der Waals surface area contributed by atoms with Crippen LogP contribution in [0.4, 0.5) is 5.69 Å². The van der Waals surface area contributed by atoms with Crippen molar-refractivity contribution in [1.29, 1.82) is 5.41 Å². The molecule has 0 amide bonds. The highest BCUT2D eigenvalue weighted by molar-refractivity contribution is 9.10. The Morgan fingerprint density at radius 2 is 1.81 bits per heavy atom. The van der Waals surface area contributed by atoms with Crippen LogP contribution in [0.2, 0.25) is 5.02 Å². The van der Waals surface area contributed by atoms with Crippen molar-refractivity contribution in [2.24, 2.45) is 0 Å². The van der Waals surface area contributed by atoms with Crippen molar-refractivity contribution in [2.75, 3.05) is 11.4 Å². The average molecular weight is 447 g/mol. The largest absolute Gasteiger partial charge is 0.510 e. The Morgan fingerprint density at radius 1 is 1.12 bits per heavy atom. The minimum absolute atomic E-state index is 0.162. The van der Waals surface area contributed by atoms with Crippen LogP contribution in [-0.2, 0) is 0 Å². The zero-order valence-corrected chi connectivity index (χ0v) is 16.6. The Bertz CT molecular complexity index is 1010. The van der Waals surface area contributed by atoms with E-state index in [2.05, 4.69) is 20.9 Å². The van der Waals surface area contributed by atoms with Gasteiger partial charge in [0.25, 0.3) is 0 Å². The fraction of sp³-hybridized carbons (Fsp3) is 0.0526. The quantitative estimate of drug-likeness (QED) is 0.519. The summed E-state index contributed by atoms with van der Waals surface area (Å²) in [7, 11) is 0. The molecule has 0 fully saturated rings. The predicted molar refractivity (Wildman–Crippen MR) is 111 cm³/mol. The second-order valence-electron chi connectivity index (χ2n) is 5.78. The van der Waals surface area contributed by atoms with Crippen molar-refractivity contribution in [3.63, 3.8) is 0 Å². The van der Waals surface area contributed by atoms with E-state index in [-0.39, 0.29) is 18.1 Å². The number of hydrogen-bond acceptors (Lipinski definition) is 4. The third-order valence-electron chi connectivity index (χ3n) is 4.10. The van der Waals surface area contributed by atoms with Crippen molar-refractivity contribution in [1.82, 2.24) is 4.98 Å². The van der Waals surface area contributed by atoms with Gasteiger partial charge in [-0.2, -0.15) is 0 Å². The van der Waals surface area contributed by atoms with Crippen LogP contribution in [0.25, 0.3) is 16.8 Å². The lowest BCUT2D eigenvalue weighted by Gasteiger charge is -2.18. The molecule has 0 spiro atoms. The van der Waals surface area contributed by atoms with Gasteiger partial charge in [-0.1, -0.05) is 39.7 Å². The first-order chi connectivity index (χ1) is 12.5. The van der Waals surface area contributed by atoms with Crippen molar-refractivity contribution in [3.05, 3.63) is 74.2 Å². The fourth-order valence-corrected chi connectivity index (χ4v) is 4.07. The lowest BCUT2D eigenvalue weighted by atomic mass is 10.2. The van der Waals surface area contributed by atoms with Crippen LogP contribution >= 0.6 is 38.9 Å². The highest BCUT2D eigenvalue weighted by Crippen LogP contribution is 2.34. The van der Waals surface area contributed by atoms with Gasteiger partial charge in [-0.25, -0.2) is 4.98 Å².